The number of carbonyl (C=O) groups is 1. The van der Waals surface area contributed by atoms with Crippen LogP contribution < -0.4 is 0 Å². The summed E-state index contributed by atoms with van der Waals surface area (Å²) in [4.78, 5) is 9.77. The van der Waals surface area contributed by atoms with Crippen LogP contribution in [0.25, 0.3) is 0 Å². The normalized spacial score (nSPS) is 14.7. The molecule has 0 fully saturated rings. The number of halogens is 2. The van der Waals surface area contributed by atoms with E-state index in [9.17, 15) is 30.4 Å². The highest BCUT2D eigenvalue weighted by Crippen LogP contribution is 2.27. The van der Waals surface area contributed by atoms with Gasteiger partial charge in [-0.25, -0.2) is 8.78 Å². The molecule has 1 aromatic rings. The van der Waals surface area contributed by atoms with Gasteiger partial charge in [0.2, 0.25) is 20.6 Å². The van der Waals surface area contributed by atoms with Gasteiger partial charge in [-0.1, -0.05) is 30.3 Å². The highest BCUT2D eigenvalue weighted by atomic mass is 32.2. The number of ketones is 1. The molecule has 2 rings (SSSR count). The standard InChI is InChI=1S/C13H6F2O5S2/c14-10-8(12(16)7-4-2-1-3-5-7)6-9(21(17)18)13(11(10)15)22(19)20/h1-6H. The Morgan fingerprint density at radius 3 is 1.95 bits per heavy atom. The van der Waals surface area contributed by atoms with Gasteiger partial charge in [0.1, 0.15) is 4.86 Å². The van der Waals surface area contributed by atoms with E-state index in [1.54, 1.807) is 6.07 Å². The third-order valence-corrected chi connectivity index (χ3v) is 4.30. The molecule has 22 heavy (non-hydrogen) atoms. The molecule has 0 spiro atoms. The summed E-state index contributed by atoms with van der Waals surface area (Å²) in [5.41, 5.74) is -0.864. The van der Waals surface area contributed by atoms with Crippen molar-refractivity contribution in [3.05, 3.63) is 59.2 Å². The van der Waals surface area contributed by atoms with Crippen LogP contribution in [-0.2, 0) is 20.6 Å². The molecule has 1 aromatic carbocycles. The van der Waals surface area contributed by atoms with E-state index in [4.69, 9.17) is 0 Å². The van der Waals surface area contributed by atoms with Crippen molar-refractivity contribution in [1.29, 1.82) is 0 Å². The number of Topliss-reactive ketones (excluding diaryl/α,β-unsaturated/α-hetero) is 1. The van der Waals surface area contributed by atoms with Gasteiger partial charge in [-0.2, -0.15) is 16.8 Å². The lowest BCUT2D eigenvalue weighted by Crippen LogP contribution is -2.23. The summed E-state index contributed by atoms with van der Waals surface area (Å²) < 4.78 is 71.6. The van der Waals surface area contributed by atoms with Gasteiger partial charge >= 0.3 is 0 Å². The van der Waals surface area contributed by atoms with Gasteiger partial charge in [-0.05, 0) is 6.08 Å². The number of benzene rings is 1. The van der Waals surface area contributed by atoms with Crippen molar-refractivity contribution in [3.8, 4) is 0 Å². The molecule has 0 aliphatic heterocycles. The zero-order valence-electron chi connectivity index (χ0n) is 10.6. The van der Waals surface area contributed by atoms with Crippen LogP contribution >= 0.6 is 0 Å². The second kappa shape index (κ2) is 6.16. The summed E-state index contributed by atoms with van der Waals surface area (Å²) in [5, 5.41) is 0. The van der Waals surface area contributed by atoms with Gasteiger partial charge in [0.15, 0.2) is 22.3 Å². The molecule has 9 heteroatoms. The van der Waals surface area contributed by atoms with Gasteiger partial charge in [0, 0.05) is 5.56 Å². The van der Waals surface area contributed by atoms with E-state index in [0.717, 1.165) is 0 Å². The van der Waals surface area contributed by atoms with E-state index in [0.29, 0.717) is 6.08 Å². The lowest BCUT2D eigenvalue weighted by atomic mass is 9.96. The molecular formula is C13H6F2O5S2. The summed E-state index contributed by atoms with van der Waals surface area (Å²) in [6.07, 6.45) is 0.502. The summed E-state index contributed by atoms with van der Waals surface area (Å²) in [7, 11) is -6.48. The van der Waals surface area contributed by atoms with E-state index in [1.165, 1.54) is 24.3 Å². The van der Waals surface area contributed by atoms with Crippen LogP contribution in [0.2, 0.25) is 0 Å². The number of allylic oxidation sites excluding steroid dienone is 4. The predicted molar refractivity (Wildman–Crippen MR) is 76.0 cm³/mol. The van der Waals surface area contributed by atoms with E-state index >= 15 is 0 Å². The first-order valence-electron chi connectivity index (χ1n) is 5.65. The van der Waals surface area contributed by atoms with E-state index in [2.05, 4.69) is 0 Å². The van der Waals surface area contributed by atoms with Gasteiger partial charge in [0.25, 0.3) is 0 Å². The number of hydrogen-bond donors (Lipinski definition) is 0. The SMILES string of the molecule is O=C(C1=CC(=S(=O)=O)C(=S(=O)=O)C(F)=C1F)c1ccccc1. The fraction of sp³-hybridized carbons (Fsp3) is 0. The van der Waals surface area contributed by atoms with Crippen LogP contribution in [0.1, 0.15) is 10.4 Å². The third-order valence-electron chi connectivity index (χ3n) is 2.75. The monoisotopic (exact) mass is 344 g/mol. The maximum absolute atomic E-state index is 13.9. The van der Waals surface area contributed by atoms with Crippen molar-refractivity contribution in [2.24, 2.45) is 0 Å². The summed E-state index contributed by atoms with van der Waals surface area (Å²) in [5.74, 6) is -4.59. The molecule has 5 nitrogen and oxygen atoms in total. The number of rotatable bonds is 2. The largest absolute Gasteiger partial charge is 0.288 e. The van der Waals surface area contributed by atoms with Crippen molar-refractivity contribution < 1.29 is 30.4 Å². The van der Waals surface area contributed by atoms with Crippen molar-refractivity contribution >= 4 is 36.1 Å². The maximum atomic E-state index is 13.9. The Hall–Kier alpha value is -2.39. The van der Waals surface area contributed by atoms with E-state index in [1.807, 2.05) is 0 Å². The number of carbonyl (C=O) groups excluding carboxylic acids is 1. The third kappa shape index (κ3) is 2.81. The first-order chi connectivity index (χ1) is 10.3. The van der Waals surface area contributed by atoms with Crippen molar-refractivity contribution in [1.82, 2.24) is 0 Å². The highest BCUT2D eigenvalue weighted by molar-refractivity contribution is 7.83. The van der Waals surface area contributed by atoms with Crippen LogP contribution in [-0.4, -0.2) is 32.3 Å². The minimum absolute atomic E-state index is 0.000530. The van der Waals surface area contributed by atoms with Crippen LogP contribution in [0, 0.1) is 0 Å². The first-order valence-corrected chi connectivity index (χ1v) is 7.79. The molecule has 0 unspecified atom stereocenters. The molecule has 0 N–H and O–H groups in total. The molecule has 0 heterocycles. The average Bonchev–Trinajstić information content (AvgIpc) is 2.49. The van der Waals surface area contributed by atoms with Gasteiger partial charge < -0.3 is 0 Å². The Labute approximate surface area is 126 Å². The van der Waals surface area contributed by atoms with Crippen molar-refractivity contribution in [3.63, 3.8) is 0 Å². The Morgan fingerprint density at radius 1 is 0.864 bits per heavy atom. The van der Waals surface area contributed by atoms with Gasteiger partial charge in [0.05, 0.1) is 5.57 Å². The Bertz CT molecular complexity index is 982. The molecule has 0 saturated heterocycles. The van der Waals surface area contributed by atoms with Crippen LogP contribution in [0.4, 0.5) is 8.78 Å². The molecule has 1 aliphatic carbocycles. The fourth-order valence-electron chi connectivity index (χ4n) is 1.78. The molecular weight excluding hydrogens is 338 g/mol. The van der Waals surface area contributed by atoms with Crippen molar-refractivity contribution in [2.45, 2.75) is 0 Å². The van der Waals surface area contributed by atoms with Crippen LogP contribution in [0.3, 0.4) is 0 Å². The zero-order valence-corrected chi connectivity index (χ0v) is 12.2. The van der Waals surface area contributed by atoms with E-state index in [-0.39, 0.29) is 5.56 Å². The van der Waals surface area contributed by atoms with Crippen molar-refractivity contribution in [2.75, 3.05) is 0 Å². The van der Waals surface area contributed by atoms with Crippen LogP contribution in [0.15, 0.2) is 53.6 Å². The van der Waals surface area contributed by atoms with Gasteiger partial charge in [-0.15, -0.1) is 0 Å². The zero-order chi connectivity index (χ0) is 16.4. The molecule has 114 valence electrons. The molecule has 0 bridgehead atoms. The molecule has 0 radical (unpaired) electrons. The summed E-state index contributed by atoms with van der Waals surface area (Å²) >= 11 is 0. The highest BCUT2D eigenvalue weighted by Gasteiger charge is 2.32. The predicted octanol–water partition coefficient (Wildman–Crippen LogP) is 1.06. The topological polar surface area (TPSA) is 85.3 Å². The van der Waals surface area contributed by atoms with Gasteiger partial charge in [-0.3, -0.25) is 4.79 Å². The summed E-state index contributed by atoms with van der Waals surface area (Å²) in [6, 6.07) is 7.21. The Balaban J connectivity index is 2.75. The second-order valence-electron chi connectivity index (χ2n) is 4.04. The summed E-state index contributed by atoms with van der Waals surface area (Å²) in [6.45, 7) is 0. The lowest BCUT2D eigenvalue weighted by molar-refractivity contribution is 0.103. The Kier molecular flexibility index (Phi) is 4.48. The molecule has 0 aromatic heterocycles. The molecule has 0 atom stereocenters. The Morgan fingerprint density at radius 2 is 1.45 bits per heavy atom. The first kappa shape index (κ1) is 16.0. The average molecular weight is 344 g/mol. The minimum atomic E-state index is -3.32. The van der Waals surface area contributed by atoms with E-state index < -0.39 is 53.3 Å². The number of hydrogen-bond acceptors (Lipinski definition) is 5. The molecule has 1 aliphatic rings. The quantitative estimate of drug-likeness (QED) is 0.592. The van der Waals surface area contributed by atoms with Crippen LogP contribution in [0.5, 0.6) is 0 Å². The fourth-order valence-corrected chi connectivity index (χ4v) is 3.10. The minimum Gasteiger partial charge on any atom is -0.288 e. The maximum Gasteiger partial charge on any atom is 0.226 e. The molecule has 0 saturated carbocycles. The second-order valence-corrected chi connectivity index (χ2v) is 5.83. The lowest BCUT2D eigenvalue weighted by Gasteiger charge is -2.11. The smallest absolute Gasteiger partial charge is 0.226 e. The molecule has 0 amide bonds.